The number of hydrogen-bond acceptors (Lipinski definition) is 4. The van der Waals surface area contributed by atoms with Crippen LogP contribution in [0.2, 0.25) is 0 Å². The highest BCUT2D eigenvalue weighted by Crippen LogP contribution is 2.44. The summed E-state index contributed by atoms with van der Waals surface area (Å²) in [6.07, 6.45) is 0. The van der Waals surface area contributed by atoms with Gasteiger partial charge in [0.05, 0.1) is 22.9 Å². The summed E-state index contributed by atoms with van der Waals surface area (Å²) >= 11 is 1.57. The topological polar surface area (TPSA) is 41.8 Å². The average molecular weight is 345 g/mol. The van der Waals surface area contributed by atoms with Crippen molar-refractivity contribution < 1.29 is 9.84 Å². The summed E-state index contributed by atoms with van der Waals surface area (Å²) in [7, 11) is 0. The Kier molecular flexibility index (Phi) is 3.09. The summed E-state index contributed by atoms with van der Waals surface area (Å²) in [5, 5.41) is 14.0. The first-order valence-electron chi connectivity index (χ1n) is 8.26. The standard InChI is InChI=1S/C21H15NO2S/c1-2-24-13-9-10-17-15(11-13)20(23)21(25-17)19-14-7-3-5-12-6-4-8-16(22-19)18(12)14/h3-11,23H,2H2,1H3. The lowest BCUT2D eigenvalue weighted by Gasteiger charge is -2.03. The van der Waals surface area contributed by atoms with Crippen molar-refractivity contribution in [3.63, 3.8) is 0 Å². The van der Waals surface area contributed by atoms with Gasteiger partial charge in [0.2, 0.25) is 0 Å². The molecule has 122 valence electrons. The number of aromatic hydroxyl groups is 1. The number of benzene rings is 3. The van der Waals surface area contributed by atoms with Gasteiger partial charge in [-0.3, -0.25) is 0 Å². The van der Waals surface area contributed by atoms with Crippen LogP contribution in [-0.4, -0.2) is 17.4 Å². The Morgan fingerprint density at radius 3 is 2.76 bits per heavy atom. The largest absolute Gasteiger partial charge is 0.506 e. The van der Waals surface area contributed by atoms with Crippen molar-refractivity contribution in [1.82, 2.24) is 0 Å². The van der Waals surface area contributed by atoms with Crippen LogP contribution in [0.3, 0.4) is 0 Å². The molecule has 1 aromatic heterocycles. The molecule has 3 aromatic carbocycles. The van der Waals surface area contributed by atoms with Crippen molar-refractivity contribution in [2.75, 3.05) is 6.61 Å². The first kappa shape index (κ1) is 14.5. The fraction of sp³-hybridized carbons (Fsp3) is 0.0952. The van der Waals surface area contributed by atoms with Gasteiger partial charge in [0.1, 0.15) is 11.5 Å². The van der Waals surface area contributed by atoms with E-state index >= 15 is 0 Å². The smallest absolute Gasteiger partial charge is 0.143 e. The molecule has 5 rings (SSSR count). The molecule has 0 aliphatic carbocycles. The van der Waals surface area contributed by atoms with Gasteiger partial charge in [-0.2, -0.15) is 0 Å². The van der Waals surface area contributed by atoms with E-state index in [9.17, 15) is 5.11 Å². The number of fused-ring (bicyclic) bond motifs is 1. The van der Waals surface area contributed by atoms with E-state index in [4.69, 9.17) is 9.73 Å². The van der Waals surface area contributed by atoms with Gasteiger partial charge in [0.15, 0.2) is 0 Å². The summed E-state index contributed by atoms with van der Waals surface area (Å²) in [5.41, 5.74) is 2.90. The molecule has 1 aliphatic rings. The number of rotatable bonds is 3. The maximum atomic E-state index is 10.9. The first-order valence-corrected chi connectivity index (χ1v) is 9.07. The third kappa shape index (κ3) is 2.07. The summed E-state index contributed by atoms with van der Waals surface area (Å²) in [6.45, 7) is 2.56. The molecular formula is C21H15NO2S. The summed E-state index contributed by atoms with van der Waals surface area (Å²) in [4.78, 5) is 5.63. The molecule has 4 heteroatoms. The van der Waals surface area contributed by atoms with E-state index in [0.29, 0.717) is 6.61 Å². The molecule has 0 bridgehead atoms. The van der Waals surface area contributed by atoms with E-state index in [1.54, 1.807) is 11.3 Å². The highest BCUT2D eigenvalue weighted by Gasteiger charge is 2.24. The molecule has 0 atom stereocenters. The molecule has 0 unspecified atom stereocenters. The second-order valence-corrected chi connectivity index (χ2v) is 7.06. The van der Waals surface area contributed by atoms with Crippen molar-refractivity contribution in [2.24, 2.45) is 4.99 Å². The second kappa shape index (κ2) is 5.33. The molecule has 25 heavy (non-hydrogen) atoms. The zero-order valence-electron chi connectivity index (χ0n) is 13.6. The van der Waals surface area contributed by atoms with E-state index in [1.807, 2.05) is 43.3 Å². The monoisotopic (exact) mass is 345 g/mol. The number of hydrogen-bond donors (Lipinski definition) is 1. The van der Waals surface area contributed by atoms with Gasteiger partial charge in [-0.25, -0.2) is 4.99 Å². The van der Waals surface area contributed by atoms with Gasteiger partial charge in [-0.15, -0.1) is 11.3 Å². The lowest BCUT2D eigenvalue weighted by atomic mass is 10.0. The van der Waals surface area contributed by atoms with Crippen molar-refractivity contribution in [3.05, 3.63) is 65.0 Å². The number of ether oxygens (including phenoxy) is 1. The van der Waals surface area contributed by atoms with E-state index < -0.39 is 0 Å². The van der Waals surface area contributed by atoms with Crippen molar-refractivity contribution in [3.8, 4) is 11.5 Å². The van der Waals surface area contributed by atoms with Crippen LogP contribution in [-0.2, 0) is 0 Å². The summed E-state index contributed by atoms with van der Waals surface area (Å²) < 4.78 is 6.59. The molecule has 2 heterocycles. The first-order chi connectivity index (χ1) is 12.3. The normalized spacial score (nSPS) is 12.8. The number of thiophene rings is 1. The fourth-order valence-corrected chi connectivity index (χ4v) is 4.53. The van der Waals surface area contributed by atoms with E-state index in [2.05, 4.69) is 18.2 Å². The minimum Gasteiger partial charge on any atom is -0.506 e. The zero-order valence-corrected chi connectivity index (χ0v) is 14.4. The Balaban J connectivity index is 1.73. The van der Waals surface area contributed by atoms with Gasteiger partial charge in [-0.1, -0.05) is 30.3 Å². The predicted octanol–water partition coefficient (Wildman–Crippen LogP) is 5.64. The molecule has 1 aliphatic heterocycles. The molecule has 0 saturated heterocycles. The van der Waals surface area contributed by atoms with Crippen LogP contribution in [0, 0.1) is 0 Å². The summed E-state index contributed by atoms with van der Waals surface area (Å²) in [5.74, 6) is 1.05. The van der Waals surface area contributed by atoms with Crippen LogP contribution in [0.25, 0.3) is 20.9 Å². The van der Waals surface area contributed by atoms with Gasteiger partial charge in [0.25, 0.3) is 0 Å². The second-order valence-electron chi connectivity index (χ2n) is 6.01. The Morgan fingerprint density at radius 1 is 1.08 bits per heavy atom. The van der Waals surface area contributed by atoms with E-state index in [-0.39, 0.29) is 5.75 Å². The molecule has 0 fully saturated rings. The zero-order chi connectivity index (χ0) is 17.0. The van der Waals surface area contributed by atoms with Crippen LogP contribution in [0.15, 0.2) is 59.6 Å². The molecular weight excluding hydrogens is 330 g/mol. The van der Waals surface area contributed by atoms with Crippen molar-refractivity contribution >= 4 is 43.6 Å². The highest BCUT2D eigenvalue weighted by atomic mass is 32.1. The Bertz CT molecular complexity index is 1170. The van der Waals surface area contributed by atoms with Gasteiger partial charge >= 0.3 is 0 Å². The quantitative estimate of drug-likeness (QED) is 0.460. The molecule has 0 spiro atoms. The maximum absolute atomic E-state index is 10.9. The molecule has 0 radical (unpaired) electrons. The lowest BCUT2D eigenvalue weighted by Crippen LogP contribution is -1.97. The minimum atomic E-state index is 0.283. The average Bonchev–Trinajstić information content (AvgIpc) is 3.16. The summed E-state index contributed by atoms with van der Waals surface area (Å²) in [6, 6.07) is 18.2. The Hall–Kier alpha value is -2.85. The molecule has 1 N–H and O–H groups in total. The van der Waals surface area contributed by atoms with Crippen LogP contribution >= 0.6 is 11.3 Å². The van der Waals surface area contributed by atoms with Crippen LogP contribution in [0.5, 0.6) is 11.5 Å². The van der Waals surface area contributed by atoms with Gasteiger partial charge < -0.3 is 9.84 Å². The molecule has 4 aromatic rings. The highest BCUT2D eigenvalue weighted by molar-refractivity contribution is 7.21. The van der Waals surface area contributed by atoms with Crippen LogP contribution in [0.4, 0.5) is 5.69 Å². The lowest BCUT2D eigenvalue weighted by molar-refractivity contribution is 0.340. The van der Waals surface area contributed by atoms with Crippen LogP contribution < -0.4 is 4.74 Å². The molecule has 0 amide bonds. The fourth-order valence-electron chi connectivity index (χ4n) is 3.45. The molecule has 3 nitrogen and oxygen atoms in total. The number of aliphatic imine (C=N–C) groups is 1. The Morgan fingerprint density at radius 2 is 1.92 bits per heavy atom. The minimum absolute atomic E-state index is 0.283. The predicted molar refractivity (Wildman–Crippen MR) is 104 cm³/mol. The third-order valence-electron chi connectivity index (χ3n) is 4.53. The van der Waals surface area contributed by atoms with Crippen LogP contribution in [0.1, 0.15) is 17.4 Å². The van der Waals surface area contributed by atoms with E-state index in [1.165, 1.54) is 5.39 Å². The maximum Gasteiger partial charge on any atom is 0.143 e. The van der Waals surface area contributed by atoms with Gasteiger partial charge in [-0.05, 0) is 36.6 Å². The van der Waals surface area contributed by atoms with Crippen molar-refractivity contribution in [2.45, 2.75) is 6.92 Å². The Labute approximate surface area is 148 Å². The number of nitrogens with zero attached hydrogens (tertiary/aromatic N) is 1. The van der Waals surface area contributed by atoms with Crippen molar-refractivity contribution in [1.29, 1.82) is 0 Å². The van der Waals surface area contributed by atoms with Gasteiger partial charge in [0, 0.05) is 21.0 Å². The molecule has 0 saturated carbocycles. The third-order valence-corrected chi connectivity index (χ3v) is 5.70. The van der Waals surface area contributed by atoms with E-state index in [0.717, 1.165) is 43.1 Å². The SMILES string of the molecule is CCOc1ccc2sc(C3=Nc4cccc5cccc3c45)c(O)c2c1.